The first-order chi connectivity index (χ1) is 13.1. The maximum Gasteiger partial charge on any atom is 0.395 e. The van der Waals surface area contributed by atoms with Crippen molar-refractivity contribution in [1.82, 2.24) is 10.6 Å². The van der Waals surface area contributed by atoms with Crippen molar-refractivity contribution < 1.29 is 46.8 Å². The van der Waals surface area contributed by atoms with Crippen LogP contribution in [0.4, 0.5) is 17.6 Å². The maximum atomic E-state index is 13.9. The standard InChI is InChI=1S/C16H24F4N2O6/c17-15(18,13(25)21-5-11(23)9-1-3-27-7-9)16(19,20)14(26)22-6-12(24)10-2-4-28-8-10/h9-12,23-24H,1-8H2,(H,21,25)(H,22,26). The van der Waals surface area contributed by atoms with Gasteiger partial charge in [0.15, 0.2) is 0 Å². The van der Waals surface area contributed by atoms with E-state index < -0.39 is 60.8 Å². The Morgan fingerprint density at radius 2 is 1.21 bits per heavy atom. The number of hydrogen-bond acceptors (Lipinski definition) is 6. The van der Waals surface area contributed by atoms with E-state index in [1.807, 2.05) is 0 Å². The van der Waals surface area contributed by atoms with Gasteiger partial charge in [-0.2, -0.15) is 17.6 Å². The first kappa shape index (κ1) is 22.8. The van der Waals surface area contributed by atoms with E-state index in [4.69, 9.17) is 9.47 Å². The van der Waals surface area contributed by atoms with Gasteiger partial charge < -0.3 is 30.3 Å². The molecule has 2 amide bonds. The van der Waals surface area contributed by atoms with Crippen LogP contribution in [0.3, 0.4) is 0 Å². The molecule has 12 heteroatoms. The van der Waals surface area contributed by atoms with Gasteiger partial charge >= 0.3 is 11.8 Å². The van der Waals surface area contributed by atoms with Crippen molar-refractivity contribution in [3.8, 4) is 0 Å². The Kier molecular flexibility index (Phi) is 7.59. The predicted molar refractivity (Wildman–Crippen MR) is 85.8 cm³/mol. The molecule has 162 valence electrons. The van der Waals surface area contributed by atoms with E-state index in [9.17, 15) is 37.4 Å². The monoisotopic (exact) mass is 416 g/mol. The van der Waals surface area contributed by atoms with Crippen LogP contribution in [0.5, 0.6) is 0 Å². The van der Waals surface area contributed by atoms with Crippen LogP contribution in [-0.2, 0) is 19.1 Å². The van der Waals surface area contributed by atoms with Crippen molar-refractivity contribution in [2.24, 2.45) is 11.8 Å². The zero-order valence-corrected chi connectivity index (χ0v) is 15.0. The number of carbonyl (C=O) groups excluding carboxylic acids is 2. The Bertz CT molecular complexity index is 505. The van der Waals surface area contributed by atoms with E-state index in [0.29, 0.717) is 26.1 Å². The summed E-state index contributed by atoms with van der Waals surface area (Å²) in [4.78, 5) is 23.1. The lowest BCUT2D eigenvalue weighted by Gasteiger charge is -2.26. The lowest BCUT2D eigenvalue weighted by molar-refractivity contribution is -0.211. The topological polar surface area (TPSA) is 117 Å². The third-order valence-corrected chi connectivity index (χ3v) is 4.93. The highest BCUT2D eigenvalue weighted by Crippen LogP contribution is 2.35. The van der Waals surface area contributed by atoms with Crippen LogP contribution in [0, 0.1) is 11.8 Å². The van der Waals surface area contributed by atoms with Crippen LogP contribution in [0.1, 0.15) is 12.8 Å². The third-order valence-electron chi connectivity index (χ3n) is 4.93. The van der Waals surface area contributed by atoms with Crippen molar-refractivity contribution >= 4 is 11.8 Å². The molecule has 2 heterocycles. The van der Waals surface area contributed by atoms with E-state index in [1.165, 1.54) is 0 Å². The summed E-state index contributed by atoms with van der Waals surface area (Å²) in [6.07, 6.45) is -1.59. The van der Waals surface area contributed by atoms with Crippen LogP contribution < -0.4 is 10.6 Å². The fraction of sp³-hybridized carbons (Fsp3) is 0.875. The quantitative estimate of drug-likeness (QED) is 0.369. The van der Waals surface area contributed by atoms with Crippen LogP contribution >= 0.6 is 0 Å². The normalized spacial score (nSPS) is 25.4. The number of aliphatic hydroxyl groups is 2. The van der Waals surface area contributed by atoms with E-state index in [1.54, 1.807) is 10.6 Å². The Balaban J connectivity index is 1.86. The summed E-state index contributed by atoms with van der Waals surface area (Å²) in [5, 5.41) is 22.7. The van der Waals surface area contributed by atoms with E-state index in [2.05, 4.69) is 0 Å². The molecule has 4 unspecified atom stereocenters. The molecule has 0 bridgehead atoms. The van der Waals surface area contributed by atoms with Gasteiger partial charge in [0, 0.05) is 38.1 Å². The highest BCUT2D eigenvalue weighted by molar-refractivity contribution is 5.95. The zero-order chi connectivity index (χ0) is 20.9. The number of amides is 2. The number of rotatable bonds is 9. The maximum absolute atomic E-state index is 13.9. The lowest BCUT2D eigenvalue weighted by atomic mass is 10.0. The minimum Gasteiger partial charge on any atom is -0.391 e. The first-order valence-electron chi connectivity index (χ1n) is 8.91. The lowest BCUT2D eigenvalue weighted by Crippen LogP contribution is -2.60. The van der Waals surface area contributed by atoms with Gasteiger partial charge in [-0.1, -0.05) is 0 Å². The third kappa shape index (κ3) is 5.10. The fourth-order valence-corrected chi connectivity index (χ4v) is 2.95. The van der Waals surface area contributed by atoms with Gasteiger partial charge in [0.05, 0.1) is 25.4 Å². The molecular formula is C16H24F4N2O6. The number of ether oxygens (including phenoxy) is 2. The number of carbonyl (C=O) groups is 2. The first-order valence-corrected chi connectivity index (χ1v) is 8.91. The van der Waals surface area contributed by atoms with Crippen molar-refractivity contribution in [2.75, 3.05) is 39.5 Å². The molecule has 0 radical (unpaired) electrons. The SMILES string of the molecule is O=C(NCC(O)C1CCOC1)C(F)(F)C(F)(F)C(=O)NCC(O)C1CCOC1. The number of halogens is 4. The van der Waals surface area contributed by atoms with Crippen molar-refractivity contribution in [1.29, 1.82) is 0 Å². The summed E-state index contributed by atoms with van der Waals surface area (Å²) < 4.78 is 65.5. The highest BCUT2D eigenvalue weighted by atomic mass is 19.3. The van der Waals surface area contributed by atoms with Gasteiger partial charge in [-0.05, 0) is 12.8 Å². The molecule has 2 saturated heterocycles. The smallest absolute Gasteiger partial charge is 0.391 e. The van der Waals surface area contributed by atoms with Gasteiger partial charge in [-0.25, -0.2) is 0 Å². The Hall–Kier alpha value is -1.50. The largest absolute Gasteiger partial charge is 0.395 e. The van der Waals surface area contributed by atoms with Gasteiger partial charge in [-0.3, -0.25) is 9.59 Å². The Morgan fingerprint density at radius 1 is 0.857 bits per heavy atom. The summed E-state index contributed by atoms with van der Waals surface area (Å²) in [7, 11) is 0. The van der Waals surface area contributed by atoms with E-state index in [0.717, 1.165) is 0 Å². The molecule has 0 spiro atoms. The van der Waals surface area contributed by atoms with E-state index >= 15 is 0 Å². The number of hydrogen-bond donors (Lipinski definition) is 4. The second-order valence-electron chi connectivity index (χ2n) is 6.95. The van der Waals surface area contributed by atoms with Crippen molar-refractivity contribution in [2.45, 2.75) is 36.9 Å². The summed E-state index contributed by atoms with van der Waals surface area (Å²) in [5.74, 6) is -16.3. The van der Waals surface area contributed by atoms with Crippen LogP contribution in [0.15, 0.2) is 0 Å². The Morgan fingerprint density at radius 3 is 1.50 bits per heavy atom. The summed E-state index contributed by atoms with van der Waals surface area (Å²) in [5.41, 5.74) is 0. The predicted octanol–water partition coefficient (Wildman–Crippen LogP) is -0.716. The van der Waals surface area contributed by atoms with E-state index in [-0.39, 0.29) is 13.2 Å². The second kappa shape index (κ2) is 9.33. The van der Waals surface area contributed by atoms with Crippen molar-refractivity contribution in [3.05, 3.63) is 0 Å². The molecule has 4 atom stereocenters. The molecule has 8 nitrogen and oxygen atoms in total. The minimum absolute atomic E-state index is 0.167. The molecule has 0 aromatic heterocycles. The molecule has 2 fully saturated rings. The molecule has 4 N–H and O–H groups in total. The van der Waals surface area contributed by atoms with Gasteiger partial charge in [0.1, 0.15) is 0 Å². The molecule has 2 rings (SSSR count). The number of aliphatic hydroxyl groups excluding tert-OH is 2. The van der Waals surface area contributed by atoms with Crippen LogP contribution in [0.2, 0.25) is 0 Å². The Labute approximate surface area is 158 Å². The van der Waals surface area contributed by atoms with Gasteiger partial charge in [0.2, 0.25) is 0 Å². The van der Waals surface area contributed by atoms with Gasteiger partial charge in [0.25, 0.3) is 11.8 Å². The summed E-state index contributed by atoms with van der Waals surface area (Å²) in [6, 6.07) is 0. The molecule has 28 heavy (non-hydrogen) atoms. The molecule has 0 aromatic rings. The molecule has 2 aliphatic heterocycles. The second-order valence-corrected chi connectivity index (χ2v) is 6.95. The summed E-state index contributed by atoms with van der Waals surface area (Å²) >= 11 is 0. The molecule has 0 aliphatic carbocycles. The fourth-order valence-electron chi connectivity index (χ4n) is 2.95. The average Bonchev–Trinajstić information content (AvgIpc) is 3.36. The number of alkyl halides is 4. The highest BCUT2D eigenvalue weighted by Gasteiger charge is 2.66. The van der Waals surface area contributed by atoms with Crippen molar-refractivity contribution in [3.63, 3.8) is 0 Å². The van der Waals surface area contributed by atoms with Gasteiger partial charge in [-0.15, -0.1) is 0 Å². The molecule has 0 aromatic carbocycles. The molecule has 0 saturated carbocycles. The molecule has 2 aliphatic rings. The minimum atomic E-state index is -5.34. The van der Waals surface area contributed by atoms with Crippen LogP contribution in [-0.4, -0.2) is 85.6 Å². The summed E-state index contributed by atoms with van der Waals surface area (Å²) in [6.45, 7) is -0.298. The average molecular weight is 416 g/mol. The zero-order valence-electron chi connectivity index (χ0n) is 15.0. The molecular weight excluding hydrogens is 392 g/mol. The van der Waals surface area contributed by atoms with Crippen LogP contribution in [0.25, 0.3) is 0 Å². The number of nitrogens with one attached hydrogen (secondary N) is 2.